The Kier molecular flexibility index (Phi) is 4.87. The maximum Gasteiger partial charge on any atom is 0.252 e. The molecule has 1 amide bonds. The van der Waals surface area contributed by atoms with Crippen molar-refractivity contribution >= 4 is 11.7 Å². The smallest absolute Gasteiger partial charge is 0.252 e. The van der Waals surface area contributed by atoms with Gasteiger partial charge < -0.3 is 25.5 Å². The van der Waals surface area contributed by atoms with Crippen molar-refractivity contribution in [2.75, 3.05) is 18.9 Å². The summed E-state index contributed by atoms with van der Waals surface area (Å²) in [5.41, 5.74) is 7.07. The number of rotatable bonds is 4. The molecule has 4 N–H and O–H groups in total. The van der Waals surface area contributed by atoms with Crippen LogP contribution in [-0.4, -0.2) is 29.1 Å². The molecule has 1 aliphatic rings. The summed E-state index contributed by atoms with van der Waals surface area (Å²) in [4.78, 5) is 29.9. The van der Waals surface area contributed by atoms with E-state index in [1.165, 1.54) is 6.07 Å². The largest absolute Gasteiger partial charge is 0.490 e. The van der Waals surface area contributed by atoms with Crippen molar-refractivity contribution < 1.29 is 14.3 Å². The molecule has 8 heteroatoms. The zero-order valence-electron chi connectivity index (χ0n) is 13.9. The Morgan fingerprint density at radius 3 is 2.72 bits per heavy atom. The number of nitrogens with one attached hydrogen (secondary N) is 2. The third-order valence-corrected chi connectivity index (χ3v) is 3.82. The number of aromatic nitrogens is 2. The molecule has 0 fully saturated rings. The molecule has 0 spiro atoms. The number of hydrogen-bond acceptors (Lipinski definition) is 6. The third-order valence-electron chi connectivity index (χ3n) is 3.82. The van der Waals surface area contributed by atoms with Crippen LogP contribution in [0.3, 0.4) is 0 Å². The van der Waals surface area contributed by atoms with E-state index in [-0.39, 0.29) is 29.5 Å². The van der Waals surface area contributed by atoms with Crippen molar-refractivity contribution in [3.05, 3.63) is 45.5 Å². The molecular weight excluding hydrogens is 324 g/mol. The van der Waals surface area contributed by atoms with Gasteiger partial charge in [0.05, 0.1) is 19.6 Å². The number of nitrogens with zero attached hydrogens (tertiary/aromatic N) is 1. The predicted octanol–water partition coefficient (Wildman–Crippen LogP) is 0.681. The topological polar surface area (TPSA) is 119 Å². The molecule has 3 rings (SSSR count). The Bertz CT molecular complexity index is 847. The van der Waals surface area contributed by atoms with Gasteiger partial charge in [-0.1, -0.05) is 0 Å². The second kappa shape index (κ2) is 7.25. The lowest BCUT2D eigenvalue weighted by molar-refractivity contribution is -0.120. The van der Waals surface area contributed by atoms with Crippen LogP contribution in [0, 0.1) is 6.92 Å². The molecule has 0 atom stereocenters. The monoisotopic (exact) mass is 344 g/mol. The number of anilines is 1. The number of fused-ring (bicyclic) bond motifs is 1. The molecule has 0 saturated heterocycles. The summed E-state index contributed by atoms with van der Waals surface area (Å²) in [6.45, 7) is 3.53. The zero-order valence-corrected chi connectivity index (χ0v) is 13.9. The third kappa shape index (κ3) is 4.28. The second-order valence-electron chi connectivity index (χ2n) is 5.85. The minimum Gasteiger partial charge on any atom is -0.490 e. The fraction of sp³-hybridized carbons (Fsp3) is 0.353. The molecule has 0 aliphatic carbocycles. The molecule has 0 saturated carbocycles. The van der Waals surface area contributed by atoms with Crippen LogP contribution in [0.25, 0.3) is 0 Å². The van der Waals surface area contributed by atoms with Gasteiger partial charge in [-0.15, -0.1) is 0 Å². The van der Waals surface area contributed by atoms with Crippen molar-refractivity contribution in [2.24, 2.45) is 0 Å². The first-order chi connectivity index (χ1) is 12.0. The first-order valence-electron chi connectivity index (χ1n) is 8.03. The minimum atomic E-state index is -0.381. The molecule has 0 radical (unpaired) electrons. The Balaban J connectivity index is 1.65. The van der Waals surface area contributed by atoms with Crippen LogP contribution in [0.5, 0.6) is 11.5 Å². The summed E-state index contributed by atoms with van der Waals surface area (Å²) in [6.07, 6.45) is 0.787. The van der Waals surface area contributed by atoms with Crippen LogP contribution in [-0.2, 0) is 17.8 Å². The molecule has 1 aromatic carbocycles. The lowest BCUT2D eigenvalue weighted by Crippen LogP contribution is -2.27. The van der Waals surface area contributed by atoms with E-state index < -0.39 is 0 Å². The van der Waals surface area contributed by atoms with Crippen LogP contribution < -0.4 is 26.1 Å². The number of nitrogen functional groups attached to an aromatic ring is 1. The summed E-state index contributed by atoms with van der Waals surface area (Å²) in [6, 6.07) is 4.97. The van der Waals surface area contributed by atoms with Gasteiger partial charge in [0.15, 0.2) is 11.5 Å². The number of aryl methyl sites for hydroxylation is 1. The first-order valence-corrected chi connectivity index (χ1v) is 8.03. The number of carbonyl (C=O) groups is 1. The van der Waals surface area contributed by atoms with Gasteiger partial charge in [-0.3, -0.25) is 9.59 Å². The van der Waals surface area contributed by atoms with E-state index in [4.69, 9.17) is 15.2 Å². The molecule has 0 bridgehead atoms. The van der Waals surface area contributed by atoms with Crippen molar-refractivity contribution in [3.8, 4) is 11.5 Å². The number of nitrogens with two attached hydrogens (primary N) is 1. The zero-order chi connectivity index (χ0) is 17.8. The molecule has 2 heterocycles. The average molecular weight is 344 g/mol. The van der Waals surface area contributed by atoms with E-state index in [2.05, 4.69) is 15.3 Å². The standard InChI is InChI=1S/C17H20N4O4/c1-10-5-12-13(25-4-2-3-24-12)6-11(10)9-19-16(22)8-15-20-14(18)7-17(23)21-15/h5-7H,2-4,8-9H2,1H3,(H,19,22)(H3,18,20,21,23). The van der Waals surface area contributed by atoms with Crippen molar-refractivity contribution in [2.45, 2.75) is 26.3 Å². The van der Waals surface area contributed by atoms with Crippen molar-refractivity contribution in [1.29, 1.82) is 0 Å². The van der Waals surface area contributed by atoms with E-state index in [1.54, 1.807) is 0 Å². The lowest BCUT2D eigenvalue weighted by atomic mass is 10.1. The summed E-state index contributed by atoms with van der Waals surface area (Å²) < 4.78 is 11.3. The van der Waals surface area contributed by atoms with Gasteiger partial charge in [0.1, 0.15) is 11.6 Å². The van der Waals surface area contributed by atoms with Gasteiger partial charge in [-0.2, -0.15) is 0 Å². The number of aromatic amines is 1. The molecule has 0 unspecified atom stereocenters. The number of carbonyl (C=O) groups excluding carboxylic acids is 1. The highest BCUT2D eigenvalue weighted by atomic mass is 16.5. The van der Waals surface area contributed by atoms with Gasteiger partial charge >= 0.3 is 0 Å². The van der Waals surface area contributed by atoms with Crippen molar-refractivity contribution in [3.63, 3.8) is 0 Å². The van der Waals surface area contributed by atoms with E-state index in [0.717, 1.165) is 23.3 Å². The number of amides is 1. The SMILES string of the molecule is Cc1cc2c(cc1CNC(=O)Cc1nc(N)cc(=O)[nH]1)OCCCO2. The minimum absolute atomic E-state index is 0.0517. The fourth-order valence-corrected chi connectivity index (χ4v) is 2.56. The Labute approximate surface area is 144 Å². The van der Waals surface area contributed by atoms with E-state index in [9.17, 15) is 9.59 Å². The predicted molar refractivity (Wildman–Crippen MR) is 91.6 cm³/mol. The van der Waals surface area contributed by atoms with Crippen LogP contribution in [0.4, 0.5) is 5.82 Å². The van der Waals surface area contributed by atoms with Crippen molar-refractivity contribution in [1.82, 2.24) is 15.3 Å². The molecular formula is C17H20N4O4. The van der Waals surface area contributed by atoms with Gasteiger partial charge in [0.25, 0.3) is 5.56 Å². The molecule has 132 valence electrons. The molecule has 2 aromatic rings. The van der Waals surface area contributed by atoms with Crippen LogP contribution in [0.2, 0.25) is 0 Å². The van der Waals surface area contributed by atoms with Crippen LogP contribution in [0.15, 0.2) is 23.0 Å². The number of benzene rings is 1. The van der Waals surface area contributed by atoms with E-state index in [0.29, 0.717) is 25.5 Å². The molecule has 8 nitrogen and oxygen atoms in total. The van der Waals surface area contributed by atoms with Gasteiger partial charge in [0, 0.05) is 19.0 Å². The molecule has 1 aromatic heterocycles. The van der Waals surface area contributed by atoms with Crippen LogP contribution >= 0.6 is 0 Å². The highest BCUT2D eigenvalue weighted by Gasteiger charge is 2.14. The Morgan fingerprint density at radius 2 is 2.00 bits per heavy atom. The normalized spacial score (nSPS) is 13.2. The molecule has 1 aliphatic heterocycles. The summed E-state index contributed by atoms with van der Waals surface area (Å²) in [5, 5.41) is 2.81. The number of hydrogen-bond donors (Lipinski definition) is 3. The maximum absolute atomic E-state index is 12.1. The summed E-state index contributed by atoms with van der Waals surface area (Å²) in [5.74, 6) is 1.48. The average Bonchev–Trinajstić information content (AvgIpc) is 2.76. The van der Waals surface area contributed by atoms with E-state index >= 15 is 0 Å². The van der Waals surface area contributed by atoms with Crippen LogP contribution in [0.1, 0.15) is 23.4 Å². The first kappa shape index (κ1) is 16.8. The summed E-state index contributed by atoms with van der Waals surface area (Å²) in [7, 11) is 0. The quantitative estimate of drug-likeness (QED) is 0.750. The fourth-order valence-electron chi connectivity index (χ4n) is 2.56. The highest BCUT2D eigenvalue weighted by molar-refractivity contribution is 5.77. The second-order valence-corrected chi connectivity index (χ2v) is 5.85. The number of ether oxygens (including phenoxy) is 2. The molecule has 25 heavy (non-hydrogen) atoms. The van der Waals surface area contributed by atoms with Gasteiger partial charge in [-0.25, -0.2) is 4.98 Å². The highest BCUT2D eigenvalue weighted by Crippen LogP contribution is 2.32. The Morgan fingerprint density at radius 1 is 1.28 bits per heavy atom. The Hall–Kier alpha value is -3.03. The lowest BCUT2D eigenvalue weighted by Gasteiger charge is -2.13. The van der Waals surface area contributed by atoms with E-state index in [1.807, 2.05) is 19.1 Å². The summed E-state index contributed by atoms with van der Waals surface area (Å²) >= 11 is 0. The van der Waals surface area contributed by atoms with Gasteiger partial charge in [0.2, 0.25) is 5.91 Å². The maximum atomic E-state index is 12.1. The van der Waals surface area contributed by atoms with Gasteiger partial charge in [-0.05, 0) is 30.2 Å². The number of H-pyrrole nitrogens is 1.